The number of nitro benzene ring substituents is 1. The summed E-state index contributed by atoms with van der Waals surface area (Å²) in [5, 5.41) is 13.5. The van der Waals surface area contributed by atoms with Crippen LogP contribution < -0.4 is 5.32 Å². The maximum absolute atomic E-state index is 12.7. The fourth-order valence-corrected chi connectivity index (χ4v) is 4.84. The van der Waals surface area contributed by atoms with E-state index < -0.39 is 14.9 Å². The number of non-ortho nitro benzene ring substituents is 1. The number of carbonyl (C=O) groups is 1. The first-order chi connectivity index (χ1) is 13.8. The van der Waals surface area contributed by atoms with Crippen LogP contribution in [0.3, 0.4) is 0 Å². The lowest BCUT2D eigenvalue weighted by molar-refractivity contribution is -0.384. The minimum Gasteiger partial charge on any atom is -0.355 e. The number of nitrogens with zero attached hydrogens (tertiary/aromatic N) is 3. The zero-order chi connectivity index (χ0) is 20.6. The minimum atomic E-state index is -3.71. The number of likely N-dealkylation sites (tertiary alicyclic amines) is 1. The van der Waals surface area contributed by atoms with Crippen LogP contribution >= 0.6 is 0 Å². The summed E-state index contributed by atoms with van der Waals surface area (Å²) in [6.45, 7) is 0.964. The number of fused-ring (bicyclic) bond motifs is 1. The number of rotatable bonds is 3. The molecular weight excluding hydrogens is 396 g/mol. The van der Waals surface area contributed by atoms with Crippen molar-refractivity contribution in [3.8, 4) is 0 Å². The van der Waals surface area contributed by atoms with Crippen molar-refractivity contribution in [2.24, 2.45) is 10.3 Å². The third kappa shape index (κ3) is 3.70. The van der Waals surface area contributed by atoms with Crippen LogP contribution in [0, 0.1) is 16.0 Å². The topological polar surface area (TPSA) is 122 Å². The molecule has 0 bridgehead atoms. The molecule has 0 spiro atoms. The second kappa shape index (κ2) is 7.28. The maximum Gasteiger partial charge on any atom is 0.285 e. The number of hydrogen-bond donors (Lipinski definition) is 1. The number of anilines is 1. The van der Waals surface area contributed by atoms with Crippen molar-refractivity contribution in [2.45, 2.75) is 17.7 Å². The highest BCUT2D eigenvalue weighted by Crippen LogP contribution is 2.30. The zero-order valence-electron chi connectivity index (χ0n) is 15.3. The van der Waals surface area contributed by atoms with Crippen molar-refractivity contribution in [2.75, 3.05) is 18.4 Å². The van der Waals surface area contributed by atoms with E-state index >= 15 is 0 Å². The molecule has 1 N–H and O–H groups in total. The average molecular weight is 414 g/mol. The van der Waals surface area contributed by atoms with E-state index in [0.29, 0.717) is 36.6 Å². The van der Waals surface area contributed by atoms with Crippen LogP contribution in [0.15, 0.2) is 57.8 Å². The van der Waals surface area contributed by atoms with E-state index in [-0.39, 0.29) is 22.4 Å². The first kappa shape index (κ1) is 19.1. The van der Waals surface area contributed by atoms with Crippen molar-refractivity contribution in [1.29, 1.82) is 0 Å². The van der Waals surface area contributed by atoms with Crippen molar-refractivity contribution in [3.05, 3.63) is 64.2 Å². The fourth-order valence-electron chi connectivity index (χ4n) is 3.61. The lowest BCUT2D eigenvalue weighted by Crippen LogP contribution is -2.43. The van der Waals surface area contributed by atoms with Crippen LogP contribution in [0.5, 0.6) is 0 Å². The Bertz CT molecular complexity index is 1110. The van der Waals surface area contributed by atoms with Gasteiger partial charge in [-0.2, -0.15) is 8.42 Å². The highest BCUT2D eigenvalue weighted by atomic mass is 32.2. The predicted octanol–water partition coefficient (Wildman–Crippen LogP) is 2.39. The van der Waals surface area contributed by atoms with Gasteiger partial charge < -0.3 is 10.2 Å². The number of piperidine rings is 1. The van der Waals surface area contributed by atoms with E-state index in [2.05, 4.69) is 9.71 Å². The van der Waals surface area contributed by atoms with Gasteiger partial charge in [-0.25, -0.2) is 0 Å². The predicted molar refractivity (Wildman–Crippen MR) is 106 cm³/mol. The highest BCUT2D eigenvalue weighted by Gasteiger charge is 2.35. The van der Waals surface area contributed by atoms with E-state index in [4.69, 9.17) is 0 Å². The Morgan fingerprint density at radius 3 is 2.62 bits per heavy atom. The molecule has 4 rings (SSSR count). The maximum atomic E-state index is 12.7. The molecule has 1 amide bonds. The Hall–Kier alpha value is -3.27. The highest BCUT2D eigenvalue weighted by molar-refractivity contribution is 7.90. The van der Waals surface area contributed by atoms with Crippen LogP contribution in [0.25, 0.3) is 0 Å². The van der Waals surface area contributed by atoms with Gasteiger partial charge >= 0.3 is 0 Å². The van der Waals surface area contributed by atoms with E-state index in [0.717, 1.165) is 6.42 Å². The second-order valence-electron chi connectivity index (χ2n) is 6.96. The summed E-state index contributed by atoms with van der Waals surface area (Å²) in [5.41, 5.74) is 0.985. The zero-order valence-corrected chi connectivity index (χ0v) is 16.1. The van der Waals surface area contributed by atoms with Crippen LogP contribution in [0.1, 0.15) is 18.4 Å². The molecule has 2 aliphatic rings. The first-order valence-electron chi connectivity index (χ1n) is 9.10. The molecule has 2 aliphatic heterocycles. The second-order valence-corrected chi connectivity index (χ2v) is 8.54. The molecule has 10 heteroatoms. The Labute approximate surface area is 167 Å². The van der Waals surface area contributed by atoms with Crippen LogP contribution in [0.2, 0.25) is 0 Å². The lowest BCUT2D eigenvalue weighted by Gasteiger charge is -2.33. The molecular formula is C19H18N4O5S. The molecule has 0 aliphatic carbocycles. The number of amidine groups is 1. The van der Waals surface area contributed by atoms with Gasteiger partial charge in [-0.1, -0.05) is 12.1 Å². The van der Waals surface area contributed by atoms with Gasteiger partial charge in [0.05, 0.1) is 10.8 Å². The van der Waals surface area contributed by atoms with Gasteiger partial charge in [0, 0.05) is 36.5 Å². The summed E-state index contributed by atoms with van der Waals surface area (Å²) in [5.74, 6) is -0.177. The van der Waals surface area contributed by atoms with Crippen molar-refractivity contribution in [3.63, 3.8) is 0 Å². The first-order valence-corrected chi connectivity index (χ1v) is 10.5. The summed E-state index contributed by atoms with van der Waals surface area (Å²) in [4.78, 5) is 25.0. The summed E-state index contributed by atoms with van der Waals surface area (Å²) in [6, 6.07) is 12.3. The van der Waals surface area contributed by atoms with E-state index in [1.54, 1.807) is 18.2 Å². The Morgan fingerprint density at radius 1 is 1.17 bits per heavy atom. The molecule has 0 radical (unpaired) electrons. The van der Waals surface area contributed by atoms with Crippen molar-refractivity contribution >= 4 is 33.1 Å². The Morgan fingerprint density at radius 2 is 1.90 bits per heavy atom. The van der Waals surface area contributed by atoms with Crippen LogP contribution in [0.4, 0.5) is 11.4 Å². The van der Waals surface area contributed by atoms with Gasteiger partial charge in [0.25, 0.3) is 15.7 Å². The SMILES string of the molecule is O=C(Nc1ccc([N+](=O)[O-])cc1)C1CCCN(C2=NS(=O)(=O)c3ccccc32)C1. The van der Waals surface area contributed by atoms with E-state index in [1.807, 2.05) is 4.90 Å². The molecule has 0 saturated carbocycles. The normalized spacial score (nSPS) is 19.9. The molecule has 2 heterocycles. The van der Waals surface area contributed by atoms with Gasteiger partial charge in [-0.05, 0) is 37.1 Å². The molecule has 1 unspecified atom stereocenters. The molecule has 1 saturated heterocycles. The minimum absolute atomic E-state index is 0.0500. The van der Waals surface area contributed by atoms with Gasteiger partial charge in [0.2, 0.25) is 5.91 Å². The average Bonchev–Trinajstić information content (AvgIpc) is 3.00. The standard InChI is InChI=1S/C19H18N4O5S/c24-19(20-14-7-9-15(10-8-14)23(25)26)13-4-3-11-22(12-13)18-16-5-1-2-6-17(16)29(27,28)21-18/h1-2,5-10,13H,3-4,11-12H2,(H,20,24). The van der Waals surface area contributed by atoms with Crippen molar-refractivity contribution in [1.82, 2.24) is 4.90 Å². The number of nitro groups is 1. The van der Waals surface area contributed by atoms with Crippen LogP contribution in [-0.2, 0) is 14.8 Å². The van der Waals surface area contributed by atoms with E-state index in [1.165, 1.54) is 30.3 Å². The lowest BCUT2D eigenvalue weighted by atomic mass is 9.96. The molecule has 150 valence electrons. The number of amides is 1. The third-order valence-electron chi connectivity index (χ3n) is 5.05. The molecule has 2 aromatic rings. The molecule has 1 fully saturated rings. The summed E-state index contributed by atoms with van der Waals surface area (Å²) in [6.07, 6.45) is 1.39. The molecule has 29 heavy (non-hydrogen) atoms. The fraction of sp³-hybridized carbons (Fsp3) is 0.263. The Balaban J connectivity index is 1.49. The summed E-state index contributed by atoms with van der Waals surface area (Å²) in [7, 11) is -3.71. The van der Waals surface area contributed by atoms with Gasteiger partial charge in [0.15, 0.2) is 5.84 Å². The number of hydrogen-bond acceptors (Lipinski definition) is 6. The van der Waals surface area contributed by atoms with Gasteiger partial charge in [0.1, 0.15) is 4.90 Å². The molecule has 9 nitrogen and oxygen atoms in total. The van der Waals surface area contributed by atoms with Gasteiger partial charge in [-0.3, -0.25) is 14.9 Å². The quantitative estimate of drug-likeness (QED) is 0.608. The summed E-state index contributed by atoms with van der Waals surface area (Å²) < 4.78 is 28.5. The molecule has 0 aromatic heterocycles. The number of carbonyl (C=O) groups excluding carboxylic acids is 1. The number of benzene rings is 2. The van der Waals surface area contributed by atoms with Crippen molar-refractivity contribution < 1.29 is 18.1 Å². The Kier molecular flexibility index (Phi) is 4.79. The summed E-state index contributed by atoms with van der Waals surface area (Å²) >= 11 is 0. The van der Waals surface area contributed by atoms with E-state index in [9.17, 15) is 23.3 Å². The monoisotopic (exact) mass is 414 g/mol. The smallest absolute Gasteiger partial charge is 0.285 e. The van der Waals surface area contributed by atoms with Gasteiger partial charge in [-0.15, -0.1) is 4.40 Å². The largest absolute Gasteiger partial charge is 0.355 e. The molecule has 1 atom stereocenters. The number of sulfonamides is 1. The number of nitrogens with one attached hydrogen (secondary N) is 1. The molecule has 2 aromatic carbocycles. The third-order valence-corrected chi connectivity index (χ3v) is 6.37. The van der Waals surface area contributed by atoms with Crippen LogP contribution in [-0.4, -0.2) is 43.1 Å².